The molecule has 1 fully saturated rings. The molecule has 0 saturated heterocycles. The summed E-state index contributed by atoms with van der Waals surface area (Å²) < 4.78 is 4.36. The zero-order chi connectivity index (χ0) is 14.3. The lowest BCUT2D eigenvalue weighted by Crippen LogP contribution is -2.23. The van der Waals surface area contributed by atoms with E-state index in [1.807, 2.05) is 28.2 Å². The van der Waals surface area contributed by atoms with Gasteiger partial charge < -0.3 is 9.13 Å². The summed E-state index contributed by atoms with van der Waals surface area (Å²) in [4.78, 5) is 12.7. The number of aromatic amines is 1. The minimum atomic E-state index is 0.0406. The Kier molecular flexibility index (Phi) is 3.33. The molecule has 5 nitrogen and oxygen atoms in total. The second-order valence-corrected chi connectivity index (χ2v) is 5.69. The molecule has 0 atom stereocenters. The normalized spacial score (nSPS) is 14.7. The molecule has 0 spiro atoms. The molecule has 0 bridgehead atoms. The van der Waals surface area contributed by atoms with Crippen LogP contribution in [0.2, 0.25) is 0 Å². The van der Waals surface area contributed by atoms with Gasteiger partial charge in [0, 0.05) is 18.3 Å². The standard InChI is InChI=1S/C14H18N4OS/c1-3-8-17-12(15-16-14(17)20)11-7-4-9(2)18(13(11)19)10-5-6-10/h4,7,10H,3,5-6,8H2,1-2H3,(H,16,20). The van der Waals surface area contributed by atoms with Crippen LogP contribution in [0.15, 0.2) is 16.9 Å². The molecule has 1 N–H and O–H groups in total. The Balaban J connectivity index is 2.18. The maximum Gasteiger partial charge on any atom is 0.262 e. The maximum absolute atomic E-state index is 12.7. The van der Waals surface area contributed by atoms with E-state index in [0.29, 0.717) is 22.2 Å². The Hall–Kier alpha value is -1.69. The fraction of sp³-hybridized carbons (Fsp3) is 0.500. The number of pyridine rings is 1. The van der Waals surface area contributed by atoms with Gasteiger partial charge in [0.15, 0.2) is 10.6 Å². The Morgan fingerprint density at radius 3 is 2.85 bits per heavy atom. The lowest BCUT2D eigenvalue weighted by Gasteiger charge is -2.11. The van der Waals surface area contributed by atoms with E-state index in [4.69, 9.17) is 12.2 Å². The maximum atomic E-state index is 12.7. The first kappa shape index (κ1) is 13.3. The Labute approximate surface area is 122 Å². The van der Waals surface area contributed by atoms with Crippen LogP contribution in [-0.2, 0) is 6.54 Å². The summed E-state index contributed by atoms with van der Waals surface area (Å²) in [7, 11) is 0. The van der Waals surface area contributed by atoms with Gasteiger partial charge in [0.25, 0.3) is 5.56 Å². The molecular formula is C14H18N4OS. The molecule has 0 aliphatic heterocycles. The molecule has 106 valence electrons. The second kappa shape index (κ2) is 5.01. The second-order valence-electron chi connectivity index (χ2n) is 5.30. The van der Waals surface area contributed by atoms with Gasteiger partial charge in [0.2, 0.25) is 0 Å². The number of nitrogens with one attached hydrogen (secondary N) is 1. The molecule has 3 rings (SSSR count). The Bertz CT molecular complexity index is 751. The van der Waals surface area contributed by atoms with Gasteiger partial charge in [-0.15, -0.1) is 0 Å². The van der Waals surface area contributed by atoms with Crippen molar-refractivity contribution in [2.24, 2.45) is 0 Å². The van der Waals surface area contributed by atoms with E-state index in [1.165, 1.54) is 0 Å². The van der Waals surface area contributed by atoms with Crippen LogP contribution in [0.25, 0.3) is 11.4 Å². The fourth-order valence-electron chi connectivity index (χ4n) is 2.56. The highest BCUT2D eigenvalue weighted by Gasteiger charge is 2.27. The quantitative estimate of drug-likeness (QED) is 0.881. The van der Waals surface area contributed by atoms with Crippen molar-refractivity contribution in [2.45, 2.75) is 45.7 Å². The van der Waals surface area contributed by atoms with Gasteiger partial charge in [-0.05, 0) is 50.5 Å². The predicted octanol–water partition coefficient (Wildman–Crippen LogP) is 2.82. The largest absolute Gasteiger partial charge is 0.309 e. The van der Waals surface area contributed by atoms with Crippen molar-refractivity contribution in [3.05, 3.63) is 33.0 Å². The summed E-state index contributed by atoms with van der Waals surface area (Å²) in [5, 5.41) is 7.04. The summed E-state index contributed by atoms with van der Waals surface area (Å²) in [5.74, 6) is 0.649. The van der Waals surface area contributed by atoms with Crippen LogP contribution in [0.5, 0.6) is 0 Å². The summed E-state index contributed by atoms with van der Waals surface area (Å²) in [6.07, 6.45) is 3.13. The molecule has 2 aromatic heterocycles. The van der Waals surface area contributed by atoms with E-state index < -0.39 is 0 Å². The van der Waals surface area contributed by atoms with Crippen molar-refractivity contribution in [3.63, 3.8) is 0 Å². The van der Waals surface area contributed by atoms with Crippen LogP contribution < -0.4 is 5.56 Å². The fourth-order valence-corrected chi connectivity index (χ4v) is 2.78. The molecule has 0 radical (unpaired) electrons. The first-order valence-electron chi connectivity index (χ1n) is 7.01. The van der Waals surface area contributed by atoms with Crippen LogP contribution in [0.1, 0.15) is 37.9 Å². The molecular weight excluding hydrogens is 272 g/mol. The minimum absolute atomic E-state index is 0.0406. The van der Waals surface area contributed by atoms with Gasteiger partial charge in [-0.2, -0.15) is 5.10 Å². The van der Waals surface area contributed by atoms with E-state index in [-0.39, 0.29) is 5.56 Å². The highest BCUT2D eigenvalue weighted by atomic mass is 32.1. The van der Waals surface area contributed by atoms with Crippen molar-refractivity contribution in [3.8, 4) is 11.4 Å². The van der Waals surface area contributed by atoms with Crippen molar-refractivity contribution >= 4 is 12.2 Å². The van der Waals surface area contributed by atoms with Crippen molar-refractivity contribution in [2.75, 3.05) is 0 Å². The summed E-state index contributed by atoms with van der Waals surface area (Å²) in [5.41, 5.74) is 1.68. The monoisotopic (exact) mass is 290 g/mol. The smallest absolute Gasteiger partial charge is 0.262 e. The number of rotatable bonds is 4. The van der Waals surface area contributed by atoms with Gasteiger partial charge in [-0.1, -0.05) is 6.92 Å². The van der Waals surface area contributed by atoms with Gasteiger partial charge >= 0.3 is 0 Å². The minimum Gasteiger partial charge on any atom is -0.309 e. The molecule has 1 aliphatic carbocycles. The lowest BCUT2D eigenvalue weighted by molar-refractivity contribution is 0.664. The van der Waals surface area contributed by atoms with E-state index in [2.05, 4.69) is 17.1 Å². The van der Waals surface area contributed by atoms with Crippen molar-refractivity contribution in [1.82, 2.24) is 19.3 Å². The molecule has 2 aromatic rings. The average molecular weight is 290 g/mol. The number of aryl methyl sites for hydroxylation is 1. The third-order valence-electron chi connectivity index (χ3n) is 3.68. The molecule has 1 aliphatic rings. The molecule has 1 saturated carbocycles. The molecule has 0 aromatic carbocycles. The molecule has 20 heavy (non-hydrogen) atoms. The Morgan fingerprint density at radius 1 is 1.45 bits per heavy atom. The molecule has 0 amide bonds. The summed E-state index contributed by atoms with van der Waals surface area (Å²) in [6, 6.07) is 4.21. The molecule has 6 heteroatoms. The number of hydrogen-bond acceptors (Lipinski definition) is 3. The van der Waals surface area contributed by atoms with Gasteiger partial charge in [0.1, 0.15) is 0 Å². The third-order valence-corrected chi connectivity index (χ3v) is 3.99. The van der Waals surface area contributed by atoms with E-state index in [1.54, 1.807) is 0 Å². The van der Waals surface area contributed by atoms with Crippen LogP contribution in [0, 0.1) is 11.7 Å². The van der Waals surface area contributed by atoms with Crippen molar-refractivity contribution in [1.29, 1.82) is 0 Å². The average Bonchev–Trinajstić information content (AvgIpc) is 3.18. The van der Waals surface area contributed by atoms with Crippen molar-refractivity contribution < 1.29 is 0 Å². The first-order valence-corrected chi connectivity index (χ1v) is 7.42. The molecule has 0 unspecified atom stereocenters. The topological polar surface area (TPSA) is 55.6 Å². The lowest BCUT2D eigenvalue weighted by atomic mass is 10.2. The van der Waals surface area contributed by atoms with Crippen LogP contribution in [0.3, 0.4) is 0 Å². The Morgan fingerprint density at radius 2 is 2.20 bits per heavy atom. The first-order chi connectivity index (χ1) is 9.63. The van der Waals surface area contributed by atoms with E-state index in [9.17, 15) is 4.79 Å². The van der Waals surface area contributed by atoms with Crippen LogP contribution >= 0.6 is 12.2 Å². The van der Waals surface area contributed by atoms with Gasteiger partial charge in [-0.3, -0.25) is 9.89 Å². The predicted molar refractivity (Wildman–Crippen MR) is 80.4 cm³/mol. The van der Waals surface area contributed by atoms with E-state index >= 15 is 0 Å². The summed E-state index contributed by atoms with van der Waals surface area (Å²) >= 11 is 5.24. The number of aromatic nitrogens is 4. The SMILES string of the molecule is CCCn1c(-c2ccc(C)n(C3CC3)c2=O)n[nH]c1=S. The number of hydrogen-bond donors (Lipinski definition) is 1. The molecule has 2 heterocycles. The van der Waals surface area contributed by atoms with E-state index in [0.717, 1.165) is 31.5 Å². The number of H-pyrrole nitrogens is 1. The summed E-state index contributed by atoms with van der Waals surface area (Å²) in [6.45, 7) is 4.82. The van der Waals surface area contributed by atoms with Gasteiger partial charge in [-0.25, -0.2) is 0 Å². The van der Waals surface area contributed by atoms with Crippen LogP contribution in [0.4, 0.5) is 0 Å². The highest BCUT2D eigenvalue weighted by molar-refractivity contribution is 7.71. The third kappa shape index (κ3) is 2.14. The number of nitrogens with zero attached hydrogens (tertiary/aromatic N) is 3. The zero-order valence-electron chi connectivity index (χ0n) is 11.7. The van der Waals surface area contributed by atoms with Gasteiger partial charge in [0.05, 0.1) is 5.56 Å². The zero-order valence-corrected chi connectivity index (χ0v) is 12.5. The highest BCUT2D eigenvalue weighted by Crippen LogP contribution is 2.34. The van der Waals surface area contributed by atoms with Crippen LogP contribution in [-0.4, -0.2) is 19.3 Å².